The summed E-state index contributed by atoms with van der Waals surface area (Å²) in [4.78, 5) is 6.71. The zero-order valence-corrected chi connectivity index (χ0v) is 18.0. The van der Waals surface area contributed by atoms with Gasteiger partial charge in [0.2, 0.25) is 0 Å². The normalized spacial score (nSPS) is 17.3. The molecule has 27 heavy (non-hydrogen) atoms. The second-order valence-electron chi connectivity index (χ2n) is 6.12. The molecule has 0 aliphatic carbocycles. The second kappa shape index (κ2) is 11.7. The number of alkyl halides is 3. The van der Waals surface area contributed by atoms with Gasteiger partial charge in [-0.3, -0.25) is 9.89 Å². The Morgan fingerprint density at radius 1 is 1.26 bits per heavy atom. The molecule has 156 valence electrons. The van der Waals surface area contributed by atoms with Gasteiger partial charge < -0.3 is 19.8 Å². The number of aliphatic imine (C=N–C) groups is 1. The first-order valence-electron chi connectivity index (χ1n) is 8.86. The van der Waals surface area contributed by atoms with E-state index in [1.165, 1.54) is 0 Å². The van der Waals surface area contributed by atoms with Gasteiger partial charge in [0.05, 0.1) is 32.2 Å². The zero-order chi connectivity index (χ0) is 19.0. The minimum absolute atomic E-state index is 0. The molecule has 0 radical (unpaired) electrons. The lowest BCUT2D eigenvalue weighted by Gasteiger charge is -2.32. The summed E-state index contributed by atoms with van der Waals surface area (Å²) >= 11 is 0. The maximum atomic E-state index is 12.3. The van der Waals surface area contributed by atoms with Crippen LogP contribution in [0.3, 0.4) is 0 Å². The number of aryl methyl sites for hydroxylation is 1. The lowest BCUT2D eigenvalue weighted by atomic mass is 10.1. The number of ether oxygens (including phenoxy) is 1. The van der Waals surface area contributed by atoms with E-state index in [1.54, 1.807) is 0 Å². The molecule has 0 saturated carbocycles. The summed E-state index contributed by atoms with van der Waals surface area (Å²) < 4.78 is 48.2. The Hall–Kier alpha value is -1.01. The predicted octanol–water partition coefficient (Wildman–Crippen LogP) is 3.09. The van der Waals surface area contributed by atoms with Crippen LogP contribution in [0.15, 0.2) is 21.5 Å². The summed E-state index contributed by atoms with van der Waals surface area (Å²) in [5, 5.41) is 5.72. The van der Waals surface area contributed by atoms with Gasteiger partial charge in [-0.1, -0.05) is 0 Å². The van der Waals surface area contributed by atoms with Crippen molar-refractivity contribution in [3.05, 3.63) is 23.7 Å². The molecular weight excluding hydrogens is 476 g/mol. The van der Waals surface area contributed by atoms with Crippen LogP contribution in [-0.2, 0) is 4.74 Å². The van der Waals surface area contributed by atoms with Crippen molar-refractivity contribution < 1.29 is 22.3 Å². The van der Waals surface area contributed by atoms with E-state index in [0.29, 0.717) is 32.3 Å². The van der Waals surface area contributed by atoms with Crippen LogP contribution >= 0.6 is 24.0 Å². The largest absolute Gasteiger partial charge is 0.465 e. The van der Waals surface area contributed by atoms with Gasteiger partial charge in [0.25, 0.3) is 0 Å². The molecule has 1 fully saturated rings. The number of halogens is 4. The van der Waals surface area contributed by atoms with Crippen molar-refractivity contribution in [3.8, 4) is 0 Å². The van der Waals surface area contributed by atoms with Gasteiger partial charge in [0, 0.05) is 26.2 Å². The lowest BCUT2D eigenvalue weighted by molar-refractivity contribution is -0.132. The molecule has 0 aromatic carbocycles. The van der Waals surface area contributed by atoms with E-state index in [4.69, 9.17) is 9.15 Å². The Kier molecular flexibility index (Phi) is 10.5. The van der Waals surface area contributed by atoms with Crippen LogP contribution < -0.4 is 10.6 Å². The topological polar surface area (TPSA) is 62.0 Å². The van der Waals surface area contributed by atoms with Gasteiger partial charge in [0.1, 0.15) is 11.5 Å². The number of hydrogen-bond donors (Lipinski definition) is 2. The fourth-order valence-corrected chi connectivity index (χ4v) is 2.75. The highest BCUT2D eigenvalue weighted by Gasteiger charge is 2.27. The van der Waals surface area contributed by atoms with Crippen LogP contribution in [0.25, 0.3) is 0 Å². The molecule has 1 aromatic rings. The maximum Gasteiger partial charge on any atom is 0.390 e. The standard InChI is InChI=1S/C17H27F3N4O2.HI/c1-3-21-16(22-7-6-17(18,19)20)23-12-14(15-5-4-13(2)26-15)24-8-10-25-11-9-24;/h4-5,14H,3,6-12H2,1-2H3,(H2,21,22,23);1H. The third kappa shape index (κ3) is 8.69. The van der Waals surface area contributed by atoms with E-state index in [9.17, 15) is 13.2 Å². The summed E-state index contributed by atoms with van der Waals surface area (Å²) in [5.41, 5.74) is 0. The Morgan fingerprint density at radius 3 is 2.52 bits per heavy atom. The molecule has 1 aromatic heterocycles. The summed E-state index contributed by atoms with van der Waals surface area (Å²) in [6.07, 6.45) is -5.09. The number of nitrogens with zero attached hydrogens (tertiary/aromatic N) is 2. The molecule has 1 aliphatic rings. The van der Waals surface area contributed by atoms with Gasteiger partial charge in [0.15, 0.2) is 5.96 Å². The molecule has 1 unspecified atom stereocenters. The average molecular weight is 504 g/mol. The summed E-state index contributed by atoms with van der Waals surface area (Å²) in [6.45, 7) is 7.30. The van der Waals surface area contributed by atoms with Crippen molar-refractivity contribution >= 4 is 29.9 Å². The minimum atomic E-state index is -4.19. The number of rotatable bonds is 7. The smallest absolute Gasteiger partial charge is 0.390 e. The van der Waals surface area contributed by atoms with Crippen molar-refractivity contribution in [2.45, 2.75) is 32.5 Å². The lowest BCUT2D eigenvalue weighted by Crippen LogP contribution is -2.42. The van der Waals surface area contributed by atoms with Gasteiger partial charge in [-0.15, -0.1) is 24.0 Å². The van der Waals surface area contributed by atoms with Gasteiger partial charge in [-0.25, -0.2) is 0 Å². The van der Waals surface area contributed by atoms with Gasteiger partial charge in [-0.2, -0.15) is 13.2 Å². The van der Waals surface area contributed by atoms with Crippen LogP contribution in [0.1, 0.15) is 30.9 Å². The van der Waals surface area contributed by atoms with Gasteiger partial charge >= 0.3 is 6.18 Å². The highest BCUT2D eigenvalue weighted by atomic mass is 127. The van der Waals surface area contributed by atoms with Crippen molar-refractivity contribution in [3.63, 3.8) is 0 Å². The van der Waals surface area contributed by atoms with Crippen LogP contribution in [-0.4, -0.2) is 63.0 Å². The molecular formula is C17H28F3IN4O2. The second-order valence-corrected chi connectivity index (χ2v) is 6.12. The molecule has 2 rings (SSSR count). The van der Waals surface area contributed by atoms with Crippen LogP contribution in [0.5, 0.6) is 0 Å². The number of hydrogen-bond acceptors (Lipinski definition) is 4. The minimum Gasteiger partial charge on any atom is -0.465 e. The Morgan fingerprint density at radius 2 is 1.96 bits per heavy atom. The molecule has 6 nitrogen and oxygen atoms in total. The Labute approximate surface area is 174 Å². The highest BCUT2D eigenvalue weighted by molar-refractivity contribution is 14.0. The average Bonchev–Trinajstić information content (AvgIpc) is 3.01. The number of furan rings is 1. The monoisotopic (exact) mass is 504 g/mol. The third-order valence-corrected chi connectivity index (χ3v) is 4.04. The summed E-state index contributed by atoms with van der Waals surface area (Å²) in [7, 11) is 0. The third-order valence-electron chi connectivity index (χ3n) is 4.04. The van der Waals surface area contributed by atoms with Crippen molar-refractivity contribution in [2.24, 2.45) is 4.99 Å². The quantitative estimate of drug-likeness (QED) is 0.340. The molecule has 0 spiro atoms. The van der Waals surface area contributed by atoms with E-state index >= 15 is 0 Å². The first kappa shape index (κ1) is 24.0. The number of guanidine groups is 1. The fraction of sp³-hybridized carbons (Fsp3) is 0.706. The van der Waals surface area contributed by atoms with Crippen molar-refractivity contribution in [2.75, 3.05) is 45.9 Å². The molecule has 0 amide bonds. The maximum absolute atomic E-state index is 12.3. The Bertz CT molecular complexity index is 575. The highest BCUT2D eigenvalue weighted by Crippen LogP contribution is 2.24. The fourth-order valence-electron chi connectivity index (χ4n) is 2.75. The van der Waals surface area contributed by atoms with E-state index in [1.807, 2.05) is 26.0 Å². The molecule has 1 aliphatic heterocycles. The van der Waals surface area contributed by atoms with E-state index in [-0.39, 0.29) is 36.6 Å². The SMILES string of the molecule is CCNC(=NCC(c1ccc(C)o1)N1CCOCC1)NCCC(F)(F)F.I. The number of nitrogens with one attached hydrogen (secondary N) is 2. The summed E-state index contributed by atoms with van der Waals surface area (Å²) in [6, 6.07) is 3.75. The molecule has 10 heteroatoms. The molecule has 2 heterocycles. The van der Waals surface area contributed by atoms with E-state index in [0.717, 1.165) is 24.6 Å². The van der Waals surface area contributed by atoms with Crippen LogP contribution in [0.2, 0.25) is 0 Å². The number of morpholine rings is 1. The zero-order valence-electron chi connectivity index (χ0n) is 15.6. The van der Waals surface area contributed by atoms with E-state index in [2.05, 4.69) is 20.5 Å². The van der Waals surface area contributed by atoms with Crippen LogP contribution in [0.4, 0.5) is 13.2 Å². The Balaban J connectivity index is 0.00000364. The molecule has 0 bridgehead atoms. The molecule has 1 saturated heterocycles. The van der Waals surface area contributed by atoms with E-state index < -0.39 is 12.6 Å². The predicted molar refractivity (Wildman–Crippen MR) is 109 cm³/mol. The molecule has 2 N–H and O–H groups in total. The van der Waals surface area contributed by atoms with Crippen molar-refractivity contribution in [1.82, 2.24) is 15.5 Å². The van der Waals surface area contributed by atoms with Crippen LogP contribution in [0, 0.1) is 6.92 Å². The van der Waals surface area contributed by atoms with Crippen molar-refractivity contribution in [1.29, 1.82) is 0 Å². The first-order valence-corrected chi connectivity index (χ1v) is 8.86. The molecule has 1 atom stereocenters. The first-order chi connectivity index (χ1) is 12.4. The summed E-state index contributed by atoms with van der Waals surface area (Å²) in [5.74, 6) is 2.00. The van der Waals surface area contributed by atoms with Gasteiger partial charge in [-0.05, 0) is 26.0 Å².